The van der Waals surface area contributed by atoms with Crippen LogP contribution in [0.3, 0.4) is 0 Å². The third-order valence-corrected chi connectivity index (χ3v) is 7.15. The summed E-state index contributed by atoms with van der Waals surface area (Å²) in [6.07, 6.45) is 5.39. The van der Waals surface area contributed by atoms with Gasteiger partial charge in [-0.05, 0) is 75.1 Å². The number of benzene rings is 2. The zero-order valence-electron chi connectivity index (χ0n) is 27.6. The maximum atomic E-state index is 13.3. The minimum Gasteiger partial charge on any atom is -0.872 e. The second-order valence-electron chi connectivity index (χ2n) is 11.3. The van der Waals surface area contributed by atoms with E-state index in [0.29, 0.717) is 37.3 Å². The summed E-state index contributed by atoms with van der Waals surface area (Å²) in [6, 6.07) is 7.86. The summed E-state index contributed by atoms with van der Waals surface area (Å²) in [6.45, 7) is 13.5. The smallest absolute Gasteiger partial charge is 0.872 e. The van der Waals surface area contributed by atoms with Gasteiger partial charge in [-0.25, -0.2) is 37.3 Å². The molecule has 0 amide bonds. The van der Waals surface area contributed by atoms with Crippen LogP contribution in [0.4, 0.5) is 0 Å². The van der Waals surface area contributed by atoms with E-state index >= 15 is 0 Å². The van der Waals surface area contributed by atoms with Crippen molar-refractivity contribution in [1.29, 1.82) is 0 Å². The van der Waals surface area contributed by atoms with Crippen LogP contribution in [0.15, 0.2) is 34.3 Å². The first kappa shape index (κ1) is 48.5. The van der Waals surface area contributed by atoms with Crippen molar-refractivity contribution >= 4 is 12.4 Å². The fourth-order valence-corrected chi connectivity index (χ4v) is 5.23. The first-order valence-corrected chi connectivity index (χ1v) is 17.7. The quantitative estimate of drug-likeness (QED) is 0.233. The molecule has 6 bridgehead atoms. The number of hydrogen-bond donors (Lipinski definition) is 2. The summed E-state index contributed by atoms with van der Waals surface area (Å²) in [4.78, 5) is 13.7. The van der Waals surface area contributed by atoms with Crippen LogP contribution in [0.5, 0.6) is 11.5 Å². The second kappa shape index (κ2) is 24.7. The van der Waals surface area contributed by atoms with Crippen molar-refractivity contribution in [3.8, 4) is 11.5 Å². The molecule has 3 aliphatic rings. The molecule has 16 nitrogen and oxygen atoms in total. The van der Waals surface area contributed by atoms with Gasteiger partial charge in [-0.2, -0.15) is 0 Å². The van der Waals surface area contributed by atoms with Gasteiger partial charge < -0.3 is 20.8 Å². The third kappa shape index (κ3) is 22.4. The van der Waals surface area contributed by atoms with Crippen molar-refractivity contribution < 1.29 is 101 Å². The molecule has 0 aliphatic carbocycles. The van der Waals surface area contributed by atoms with E-state index in [0.717, 1.165) is 87.5 Å². The molecule has 2 aromatic rings. The maximum Gasteiger partial charge on any atom is 2.00 e. The van der Waals surface area contributed by atoms with Gasteiger partial charge in [-0.1, -0.05) is 46.9 Å². The van der Waals surface area contributed by atoms with E-state index in [2.05, 4.69) is 30.4 Å². The van der Waals surface area contributed by atoms with Gasteiger partial charge in [0.1, 0.15) is 0 Å². The van der Waals surface area contributed by atoms with Crippen molar-refractivity contribution in [1.82, 2.24) is 20.4 Å². The first-order valence-electron chi connectivity index (χ1n) is 15.2. The van der Waals surface area contributed by atoms with Gasteiger partial charge in [0.25, 0.3) is 0 Å². The molecule has 2 atom stereocenters. The Morgan fingerprint density at radius 2 is 0.900 bits per heavy atom. The number of aryl methyl sites for hydroxylation is 2. The molecule has 0 aromatic heterocycles. The number of nitrogens with zero attached hydrogens (tertiary/aromatic N) is 4. The van der Waals surface area contributed by atoms with Crippen LogP contribution in [-0.4, -0.2) is 87.7 Å². The van der Waals surface area contributed by atoms with E-state index in [1.54, 1.807) is 12.4 Å². The summed E-state index contributed by atoms with van der Waals surface area (Å²) < 4.78 is 67.9. The van der Waals surface area contributed by atoms with Crippen LogP contribution >= 0.6 is 0 Å². The fourth-order valence-electron chi connectivity index (χ4n) is 5.23. The van der Waals surface area contributed by atoms with Crippen LogP contribution < -0.4 is 58.1 Å². The van der Waals surface area contributed by atoms with Crippen molar-refractivity contribution in [2.45, 2.75) is 39.8 Å². The monoisotopic (exact) mass is 832 g/mol. The van der Waals surface area contributed by atoms with E-state index in [-0.39, 0.29) is 44.5 Å². The summed E-state index contributed by atoms with van der Waals surface area (Å²) in [5.41, 5.74) is 5.05. The summed E-state index contributed by atoms with van der Waals surface area (Å²) in [5.74, 6) is 0.109. The van der Waals surface area contributed by atoms with Gasteiger partial charge in [0.2, 0.25) is 0 Å². The SMILES string of the molecule is Cc1cc2c([O-])c(c1)CN1CCCNCCN(CCCNCC1)Cc1cc(C)cc(c1[O-])C=NCCN=C2.[Ni+2].[Ni+2].[O-][Cl+3]([O-])([O-])[O-].[O-][Cl+3]([O-])([O-])[O-]. The van der Waals surface area contributed by atoms with Gasteiger partial charge in [0.15, 0.2) is 0 Å². The summed E-state index contributed by atoms with van der Waals surface area (Å²) >= 11 is 0. The predicted molar refractivity (Wildman–Crippen MR) is 152 cm³/mol. The molecule has 0 spiro atoms. The second-order valence-corrected chi connectivity index (χ2v) is 12.8. The molecule has 2 N–H and O–H groups in total. The molecule has 5 rings (SSSR count). The number of fused-ring (bicyclic) bond motifs is 13. The topological polar surface area (TPSA) is 286 Å². The predicted octanol–water partition coefficient (Wildman–Crippen LogP) is -7.94. The molecule has 286 valence electrons. The normalized spacial score (nSPS) is 19.4. The Labute approximate surface area is 316 Å². The molecule has 1 fully saturated rings. The van der Waals surface area contributed by atoms with E-state index < -0.39 is 20.5 Å². The van der Waals surface area contributed by atoms with Crippen LogP contribution in [0, 0.1) is 34.3 Å². The number of rotatable bonds is 0. The van der Waals surface area contributed by atoms with Crippen molar-refractivity contribution in [2.75, 3.05) is 65.4 Å². The van der Waals surface area contributed by atoms with Crippen LogP contribution in [-0.2, 0) is 46.1 Å². The Morgan fingerprint density at radius 3 is 1.24 bits per heavy atom. The Bertz CT molecular complexity index is 1210. The zero-order valence-corrected chi connectivity index (χ0v) is 31.1. The zero-order chi connectivity index (χ0) is 35.7. The molecule has 2 unspecified atom stereocenters. The van der Waals surface area contributed by atoms with E-state index in [1.165, 1.54) is 0 Å². The Hall–Kier alpha value is -1.53. The molecule has 0 saturated carbocycles. The Kier molecular flexibility index (Phi) is 23.9. The minimum absolute atomic E-state index is 0. The minimum atomic E-state index is -4.94. The van der Waals surface area contributed by atoms with Gasteiger partial charge >= 0.3 is 33.0 Å². The average molecular weight is 835 g/mol. The molecule has 1 saturated heterocycles. The van der Waals surface area contributed by atoms with E-state index in [4.69, 9.17) is 37.3 Å². The van der Waals surface area contributed by atoms with Crippen LogP contribution in [0.25, 0.3) is 0 Å². The standard InChI is InChI=1S/C30H44N6O2.2ClHO4.2Ni/c1-23-15-25-19-33-7-8-34-20-26-16-24(2)18-28(30(26)38)22-36-12-4-6-31-9-13-35(11-3-5-32-10-14-36)21-27(17-23)29(25)37;2*2-1(3,4)5;;/h15-20,31-32,37-38H,3-14,21-22H2,1-2H3;2*(H,2,3,4,5);;/q;;;2*+2/p-4. The Balaban J connectivity index is 0.00000176. The number of halogens is 2. The number of aliphatic imine (C=N–C) groups is 2. The van der Waals surface area contributed by atoms with E-state index in [9.17, 15) is 10.2 Å². The van der Waals surface area contributed by atoms with Crippen molar-refractivity contribution in [2.24, 2.45) is 9.98 Å². The van der Waals surface area contributed by atoms with E-state index in [1.807, 2.05) is 38.1 Å². The maximum absolute atomic E-state index is 13.3. The number of nitrogens with one attached hydrogen (secondary N) is 2. The Morgan fingerprint density at radius 1 is 0.560 bits per heavy atom. The van der Waals surface area contributed by atoms with Gasteiger partial charge in [-0.3, -0.25) is 19.8 Å². The first-order chi connectivity index (χ1) is 22.5. The molecular weight excluding hydrogens is 793 g/mol. The average Bonchev–Trinajstić information content (AvgIpc) is 2.95. The fraction of sp³-hybridized carbons (Fsp3) is 0.533. The molecule has 0 radical (unpaired) electrons. The van der Waals surface area contributed by atoms with Gasteiger partial charge in [0.05, 0.1) is 13.1 Å². The molecule has 3 aliphatic heterocycles. The summed E-state index contributed by atoms with van der Waals surface area (Å²) in [7, 11) is -9.89. The summed E-state index contributed by atoms with van der Waals surface area (Å²) in [5, 5.41) is 33.7. The van der Waals surface area contributed by atoms with Crippen LogP contribution in [0.2, 0.25) is 0 Å². The number of hydrogen-bond acceptors (Lipinski definition) is 16. The van der Waals surface area contributed by atoms with Gasteiger partial charge in [0, 0.05) is 51.7 Å². The van der Waals surface area contributed by atoms with Crippen molar-refractivity contribution in [3.05, 3.63) is 57.6 Å². The largest absolute Gasteiger partial charge is 2.00 e. The molecule has 20 heteroatoms. The molecule has 3 heterocycles. The molecular formula is C30H42Cl2N6Ni2O10. The van der Waals surface area contributed by atoms with Gasteiger partial charge in [-0.15, -0.1) is 20.5 Å². The van der Waals surface area contributed by atoms with Crippen molar-refractivity contribution in [3.63, 3.8) is 0 Å². The third-order valence-electron chi connectivity index (χ3n) is 7.15. The van der Waals surface area contributed by atoms with Crippen LogP contribution in [0.1, 0.15) is 46.2 Å². The molecule has 50 heavy (non-hydrogen) atoms. The molecule has 2 aromatic carbocycles.